The Hall–Kier alpha value is -3.02. The second kappa shape index (κ2) is 10.4. The lowest BCUT2D eigenvalue weighted by Gasteiger charge is -2.39. The molecule has 1 aliphatic carbocycles. The SMILES string of the molecule is CC1(C)CC=C(c2nc([C@@H]3CC[C@](C)(CO)COC(C)(C)C3)ccc2NC(=O)c2ncc(C#N)[nH]2)CC1. The number of allylic oxidation sites excluding steroid dienone is 2. The van der Waals surface area contributed by atoms with Crippen molar-refractivity contribution in [2.45, 2.75) is 84.7 Å². The topological polar surface area (TPSA) is 124 Å². The number of pyridine rings is 1. The molecular formula is C29H39N5O3. The summed E-state index contributed by atoms with van der Waals surface area (Å²) in [5.74, 6) is -0.158. The minimum Gasteiger partial charge on any atom is -0.396 e. The Morgan fingerprint density at radius 1 is 1.27 bits per heavy atom. The molecule has 2 aromatic heterocycles. The predicted molar refractivity (Wildman–Crippen MR) is 143 cm³/mol. The highest BCUT2D eigenvalue weighted by molar-refractivity contribution is 6.03. The maximum atomic E-state index is 12.9. The van der Waals surface area contributed by atoms with Crippen LogP contribution in [0, 0.1) is 22.2 Å². The molecule has 198 valence electrons. The standard InChI is InChI=1S/C29H39N5O3/c1-27(2)11-8-19(9-12-27)24-23(34-26(36)25-31-16-21(15-30)32-25)7-6-22(33-24)20-10-13-29(5,17-35)18-37-28(3,4)14-20/h6-8,16,20,35H,9-14,17-18H2,1-5H3,(H,31,32)(H,34,36)/t20-,29-/m1/s1. The van der Waals surface area contributed by atoms with Crippen molar-refractivity contribution >= 4 is 17.2 Å². The molecule has 0 aromatic carbocycles. The summed E-state index contributed by atoms with van der Waals surface area (Å²) in [7, 11) is 0. The molecule has 4 rings (SSSR count). The summed E-state index contributed by atoms with van der Waals surface area (Å²) >= 11 is 0. The number of imidazole rings is 1. The number of aromatic nitrogens is 3. The number of carbonyl (C=O) groups is 1. The van der Waals surface area contributed by atoms with Gasteiger partial charge in [-0.15, -0.1) is 0 Å². The van der Waals surface area contributed by atoms with Gasteiger partial charge in [0.05, 0.1) is 36.4 Å². The molecule has 37 heavy (non-hydrogen) atoms. The minimum atomic E-state index is -0.409. The predicted octanol–water partition coefficient (Wildman–Crippen LogP) is 5.58. The largest absolute Gasteiger partial charge is 0.396 e. The third kappa shape index (κ3) is 6.46. The fourth-order valence-electron chi connectivity index (χ4n) is 5.11. The van der Waals surface area contributed by atoms with E-state index in [4.69, 9.17) is 15.0 Å². The van der Waals surface area contributed by atoms with Crippen LogP contribution in [0.4, 0.5) is 5.69 Å². The summed E-state index contributed by atoms with van der Waals surface area (Å²) < 4.78 is 6.25. The van der Waals surface area contributed by atoms with Crippen molar-refractivity contribution in [3.8, 4) is 6.07 Å². The van der Waals surface area contributed by atoms with Crippen LogP contribution in [-0.2, 0) is 4.74 Å². The molecule has 1 amide bonds. The van der Waals surface area contributed by atoms with Gasteiger partial charge in [-0.05, 0) is 75.5 Å². The molecule has 8 nitrogen and oxygen atoms in total. The van der Waals surface area contributed by atoms with Crippen LogP contribution in [0.15, 0.2) is 24.4 Å². The highest BCUT2D eigenvalue weighted by Crippen LogP contribution is 2.42. The van der Waals surface area contributed by atoms with Gasteiger partial charge < -0.3 is 20.1 Å². The number of nitrogens with one attached hydrogen (secondary N) is 2. The number of anilines is 1. The normalized spacial score (nSPS) is 25.3. The van der Waals surface area contributed by atoms with Crippen LogP contribution >= 0.6 is 0 Å². The van der Waals surface area contributed by atoms with E-state index in [0.717, 1.165) is 55.5 Å². The van der Waals surface area contributed by atoms with Crippen LogP contribution < -0.4 is 5.32 Å². The van der Waals surface area contributed by atoms with Crippen LogP contribution in [0.1, 0.15) is 107 Å². The lowest BCUT2D eigenvalue weighted by molar-refractivity contribution is -0.0931. The zero-order chi connectivity index (χ0) is 26.8. The van der Waals surface area contributed by atoms with Crippen molar-refractivity contribution in [2.75, 3.05) is 18.5 Å². The van der Waals surface area contributed by atoms with Crippen molar-refractivity contribution < 1.29 is 14.6 Å². The van der Waals surface area contributed by atoms with Crippen LogP contribution in [0.25, 0.3) is 5.57 Å². The van der Waals surface area contributed by atoms with Gasteiger partial charge in [0.25, 0.3) is 5.91 Å². The number of nitrogens with zero attached hydrogens (tertiary/aromatic N) is 3. The fourth-order valence-corrected chi connectivity index (χ4v) is 5.11. The molecule has 0 radical (unpaired) electrons. The fraction of sp³-hybridized carbons (Fsp3) is 0.586. The molecule has 0 saturated carbocycles. The van der Waals surface area contributed by atoms with E-state index in [1.54, 1.807) is 0 Å². The summed E-state index contributed by atoms with van der Waals surface area (Å²) in [6.45, 7) is 11.4. The molecule has 1 aliphatic heterocycles. The number of amides is 1. The third-order valence-electron chi connectivity index (χ3n) is 7.80. The van der Waals surface area contributed by atoms with Crippen molar-refractivity contribution in [1.29, 1.82) is 5.26 Å². The highest BCUT2D eigenvalue weighted by atomic mass is 16.5. The van der Waals surface area contributed by atoms with E-state index in [9.17, 15) is 9.90 Å². The Labute approximate surface area is 219 Å². The maximum Gasteiger partial charge on any atom is 0.291 e. The van der Waals surface area contributed by atoms with Gasteiger partial charge in [-0.3, -0.25) is 9.78 Å². The van der Waals surface area contributed by atoms with E-state index < -0.39 is 5.91 Å². The summed E-state index contributed by atoms with van der Waals surface area (Å²) in [6.07, 6.45) is 9.04. The van der Waals surface area contributed by atoms with E-state index >= 15 is 0 Å². The number of rotatable bonds is 5. The first-order valence-electron chi connectivity index (χ1n) is 13.1. The van der Waals surface area contributed by atoms with Crippen molar-refractivity contribution in [3.05, 3.63) is 47.3 Å². The second-order valence-electron chi connectivity index (χ2n) is 12.4. The first kappa shape index (κ1) is 27.0. The number of ether oxygens (including phenoxy) is 1. The molecule has 3 heterocycles. The van der Waals surface area contributed by atoms with E-state index in [-0.39, 0.29) is 40.5 Å². The van der Waals surface area contributed by atoms with Gasteiger partial charge >= 0.3 is 0 Å². The average Bonchev–Trinajstić information content (AvgIpc) is 3.35. The molecule has 0 unspecified atom stereocenters. The van der Waals surface area contributed by atoms with Gasteiger partial charge in [0, 0.05) is 17.0 Å². The van der Waals surface area contributed by atoms with Gasteiger partial charge in [-0.1, -0.05) is 26.8 Å². The summed E-state index contributed by atoms with van der Waals surface area (Å²) in [4.78, 5) is 24.9. The number of aliphatic hydroxyl groups is 1. The lowest BCUT2D eigenvalue weighted by atomic mass is 9.77. The molecule has 1 fully saturated rings. The van der Waals surface area contributed by atoms with E-state index in [0.29, 0.717) is 12.3 Å². The minimum absolute atomic E-state index is 0.0857. The van der Waals surface area contributed by atoms with Gasteiger partial charge in [0.2, 0.25) is 0 Å². The van der Waals surface area contributed by atoms with Crippen LogP contribution in [-0.4, -0.2) is 44.8 Å². The van der Waals surface area contributed by atoms with Gasteiger partial charge in [0.15, 0.2) is 5.82 Å². The number of carbonyl (C=O) groups excluding carboxylic acids is 1. The summed E-state index contributed by atoms with van der Waals surface area (Å²) in [5.41, 5.74) is 3.38. The maximum absolute atomic E-state index is 12.9. The molecule has 2 atom stereocenters. The van der Waals surface area contributed by atoms with E-state index in [1.165, 1.54) is 6.20 Å². The molecule has 1 saturated heterocycles. The van der Waals surface area contributed by atoms with Crippen LogP contribution in [0.3, 0.4) is 0 Å². The average molecular weight is 506 g/mol. The number of H-pyrrole nitrogens is 1. The summed E-state index contributed by atoms with van der Waals surface area (Å²) in [6, 6.07) is 5.89. The molecule has 3 N–H and O–H groups in total. The third-order valence-corrected chi connectivity index (χ3v) is 7.80. The Morgan fingerprint density at radius 3 is 2.70 bits per heavy atom. The van der Waals surface area contributed by atoms with Gasteiger partial charge in [-0.2, -0.15) is 5.26 Å². The molecule has 0 spiro atoms. The van der Waals surface area contributed by atoms with E-state index in [1.807, 2.05) is 18.2 Å². The van der Waals surface area contributed by atoms with Crippen LogP contribution in [0.5, 0.6) is 0 Å². The van der Waals surface area contributed by atoms with E-state index in [2.05, 4.69) is 56.0 Å². The molecular weight excluding hydrogens is 466 g/mol. The first-order chi connectivity index (χ1) is 17.4. The number of aromatic amines is 1. The first-order valence-corrected chi connectivity index (χ1v) is 13.1. The van der Waals surface area contributed by atoms with Crippen molar-refractivity contribution in [2.24, 2.45) is 10.8 Å². The molecule has 2 aliphatic rings. The van der Waals surface area contributed by atoms with Crippen molar-refractivity contribution in [1.82, 2.24) is 15.0 Å². The number of nitriles is 1. The smallest absolute Gasteiger partial charge is 0.291 e. The van der Waals surface area contributed by atoms with Crippen LogP contribution in [0.2, 0.25) is 0 Å². The van der Waals surface area contributed by atoms with Gasteiger partial charge in [0.1, 0.15) is 11.8 Å². The zero-order valence-corrected chi connectivity index (χ0v) is 22.6. The Bertz CT molecular complexity index is 1220. The quantitative estimate of drug-likeness (QED) is 0.487. The molecule has 8 heteroatoms. The van der Waals surface area contributed by atoms with Gasteiger partial charge in [-0.25, -0.2) is 4.98 Å². The highest BCUT2D eigenvalue weighted by Gasteiger charge is 2.35. The second-order valence-corrected chi connectivity index (χ2v) is 12.4. The Balaban J connectivity index is 1.69. The summed E-state index contributed by atoms with van der Waals surface area (Å²) in [5, 5.41) is 22.0. The lowest BCUT2D eigenvalue weighted by Crippen LogP contribution is -2.38. The molecule has 0 bridgehead atoms. The Morgan fingerprint density at radius 2 is 2.05 bits per heavy atom. The molecule has 2 aromatic rings. The Kier molecular flexibility index (Phi) is 7.59. The number of hydrogen-bond donors (Lipinski definition) is 3. The zero-order valence-electron chi connectivity index (χ0n) is 22.6. The monoisotopic (exact) mass is 505 g/mol. The number of hydrogen-bond acceptors (Lipinski definition) is 6. The number of aliphatic hydroxyl groups excluding tert-OH is 1. The van der Waals surface area contributed by atoms with Crippen molar-refractivity contribution in [3.63, 3.8) is 0 Å².